The molecule has 2 amide bonds. The minimum Gasteiger partial charge on any atom is -0.339 e. The van der Waals surface area contributed by atoms with Crippen LogP contribution in [0.15, 0.2) is 0 Å². The van der Waals surface area contributed by atoms with Gasteiger partial charge in [0.05, 0.1) is 6.26 Å². The number of piperidine rings is 1. The molecule has 0 N–H and O–H groups in total. The van der Waals surface area contributed by atoms with E-state index < -0.39 is 10.0 Å². The number of hydrogen-bond donors (Lipinski definition) is 0. The summed E-state index contributed by atoms with van der Waals surface area (Å²) in [6.45, 7) is 5.30. The summed E-state index contributed by atoms with van der Waals surface area (Å²) in [5.74, 6) is 0.208. The van der Waals surface area contributed by atoms with Gasteiger partial charge in [-0.25, -0.2) is 12.7 Å². The second-order valence-corrected chi connectivity index (χ2v) is 8.73. The number of nitrogens with zero attached hydrogens (tertiary/aromatic N) is 3. The molecule has 0 aromatic heterocycles. The Hall–Kier alpha value is -1.15. The van der Waals surface area contributed by atoms with Gasteiger partial charge in [-0.05, 0) is 19.3 Å². The minimum atomic E-state index is -3.16. The van der Waals surface area contributed by atoms with Gasteiger partial charge >= 0.3 is 0 Å². The van der Waals surface area contributed by atoms with Gasteiger partial charge in [0.15, 0.2) is 0 Å². The van der Waals surface area contributed by atoms with Crippen LogP contribution in [0.2, 0.25) is 0 Å². The molecule has 7 nitrogen and oxygen atoms in total. The number of carbonyl (C=O) groups excluding carboxylic acids is 2. The third kappa shape index (κ3) is 4.92. The average Bonchev–Trinajstić information content (AvgIpc) is 2.58. The molecule has 0 aromatic rings. The van der Waals surface area contributed by atoms with Crippen molar-refractivity contribution in [3.8, 4) is 0 Å². The molecule has 2 heterocycles. The van der Waals surface area contributed by atoms with Crippen LogP contribution in [0.1, 0.15) is 39.0 Å². The summed E-state index contributed by atoms with van der Waals surface area (Å²) >= 11 is 0. The molecular formula is C16H29N3O4S. The summed E-state index contributed by atoms with van der Waals surface area (Å²) in [6.07, 6.45) is 4.90. The van der Waals surface area contributed by atoms with Crippen molar-refractivity contribution in [3.63, 3.8) is 0 Å². The number of sulfonamides is 1. The van der Waals surface area contributed by atoms with Gasteiger partial charge in [-0.2, -0.15) is 0 Å². The van der Waals surface area contributed by atoms with Gasteiger partial charge in [0, 0.05) is 51.6 Å². The fraction of sp³-hybridized carbons (Fsp3) is 0.875. The first kappa shape index (κ1) is 19.2. The number of rotatable bonds is 5. The molecule has 0 atom stereocenters. The maximum absolute atomic E-state index is 12.6. The summed E-state index contributed by atoms with van der Waals surface area (Å²) in [7, 11) is -3.16. The predicted octanol–water partition coefficient (Wildman–Crippen LogP) is 0.519. The van der Waals surface area contributed by atoms with Crippen LogP contribution in [0, 0.1) is 5.92 Å². The van der Waals surface area contributed by atoms with Crippen molar-refractivity contribution in [3.05, 3.63) is 0 Å². The highest BCUT2D eigenvalue weighted by Crippen LogP contribution is 2.22. The Morgan fingerprint density at radius 1 is 0.958 bits per heavy atom. The van der Waals surface area contributed by atoms with E-state index in [0.717, 1.165) is 12.8 Å². The van der Waals surface area contributed by atoms with Crippen LogP contribution in [0.3, 0.4) is 0 Å². The van der Waals surface area contributed by atoms with Crippen LogP contribution in [0.25, 0.3) is 0 Å². The first-order chi connectivity index (χ1) is 11.3. The zero-order valence-electron chi connectivity index (χ0n) is 14.7. The van der Waals surface area contributed by atoms with Crippen LogP contribution in [0.4, 0.5) is 0 Å². The molecule has 2 fully saturated rings. The van der Waals surface area contributed by atoms with E-state index in [1.165, 1.54) is 10.6 Å². The molecule has 0 radical (unpaired) electrons. The van der Waals surface area contributed by atoms with E-state index in [-0.39, 0.29) is 17.7 Å². The molecule has 24 heavy (non-hydrogen) atoms. The Bertz CT molecular complexity index is 548. The summed E-state index contributed by atoms with van der Waals surface area (Å²) in [4.78, 5) is 28.3. The monoisotopic (exact) mass is 359 g/mol. The number of carbonyl (C=O) groups is 2. The van der Waals surface area contributed by atoms with Crippen molar-refractivity contribution in [2.45, 2.75) is 39.0 Å². The molecule has 2 aliphatic heterocycles. The maximum Gasteiger partial charge on any atom is 0.225 e. The highest BCUT2D eigenvalue weighted by molar-refractivity contribution is 7.88. The van der Waals surface area contributed by atoms with Gasteiger partial charge < -0.3 is 9.80 Å². The van der Waals surface area contributed by atoms with Crippen LogP contribution in [0.5, 0.6) is 0 Å². The molecule has 2 saturated heterocycles. The lowest BCUT2D eigenvalue weighted by Gasteiger charge is -2.38. The fourth-order valence-electron chi connectivity index (χ4n) is 3.35. The molecule has 0 aromatic carbocycles. The van der Waals surface area contributed by atoms with Crippen LogP contribution >= 0.6 is 0 Å². The predicted molar refractivity (Wildman–Crippen MR) is 91.8 cm³/mol. The molecular weight excluding hydrogens is 330 g/mol. The number of hydrogen-bond acceptors (Lipinski definition) is 4. The third-order valence-electron chi connectivity index (χ3n) is 4.96. The smallest absolute Gasteiger partial charge is 0.225 e. The Morgan fingerprint density at radius 3 is 2.00 bits per heavy atom. The molecule has 0 spiro atoms. The molecule has 0 aliphatic carbocycles. The van der Waals surface area contributed by atoms with E-state index in [1.807, 2.05) is 9.80 Å². The van der Waals surface area contributed by atoms with Gasteiger partial charge in [0.2, 0.25) is 21.8 Å². The largest absolute Gasteiger partial charge is 0.339 e. The van der Waals surface area contributed by atoms with E-state index in [9.17, 15) is 18.0 Å². The lowest BCUT2D eigenvalue weighted by Crippen LogP contribution is -2.53. The van der Waals surface area contributed by atoms with Gasteiger partial charge in [0.25, 0.3) is 0 Å². The molecule has 2 rings (SSSR count). The first-order valence-electron chi connectivity index (χ1n) is 8.84. The van der Waals surface area contributed by atoms with Gasteiger partial charge in [-0.15, -0.1) is 0 Å². The Balaban J connectivity index is 1.78. The first-order valence-corrected chi connectivity index (χ1v) is 10.7. The normalized spacial score (nSPS) is 21.1. The van der Waals surface area contributed by atoms with Gasteiger partial charge in [-0.1, -0.05) is 13.3 Å². The summed E-state index contributed by atoms with van der Waals surface area (Å²) in [5.41, 5.74) is 0. The highest BCUT2D eigenvalue weighted by atomic mass is 32.2. The summed E-state index contributed by atoms with van der Waals surface area (Å²) in [5, 5.41) is 0. The zero-order valence-corrected chi connectivity index (χ0v) is 15.6. The van der Waals surface area contributed by atoms with Crippen molar-refractivity contribution in [2.24, 2.45) is 5.92 Å². The molecule has 0 unspecified atom stereocenters. The second kappa shape index (κ2) is 8.29. The minimum absolute atomic E-state index is 0.0923. The highest BCUT2D eigenvalue weighted by Gasteiger charge is 2.33. The van der Waals surface area contributed by atoms with Crippen molar-refractivity contribution < 1.29 is 18.0 Å². The van der Waals surface area contributed by atoms with E-state index in [0.29, 0.717) is 58.5 Å². The third-order valence-corrected chi connectivity index (χ3v) is 6.26. The second-order valence-electron chi connectivity index (χ2n) is 6.75. The fourth-order valence-corrected chi connectivity index (χ4v) is 4.23. The lowest BCUT2D eigenvalue weighted by atomic mass is 9.96. The van der Waals surface area contributed by atoms with Crippen LogP contribution in [-0.2, 0) is 19.6 Å². The van der Waals surface area contributed by atoms with E-state index in [2.05, 4.69) is 6.92 Å². The Kier molecular flexibility index (Phi) is 6.62. The topological polar surface area (TPSA) is 78.0 Å². The SMILES string of the molecule is CCCCC(=O)N1CCN(C(=O)C2CCN(S(C)(=O)=O)CC2)CC1. The van der Waals surface area contributed by atoms with Gasteiger partial charge in [0.1, 0.15) is 0 Å². The summed E-state index contributed by atoms with van der Waals surface area (Å²) in [6, 6.07) is 0. The Labute approximate surface area is 145 Å². The molecule has 0 bridgehead atoms. The zero-order chi connectivity index (χ0) is 17.7. The lowest BCUT2D eigenvalue weighted by molar-refractivity contribution is -0.143. The molecule has 8 heteroatoms. The molecule has 0 saturated carbocycles. The maximum atomic E-state index is 12.6. The molecule has 2 aliphatic rings. The van der Waals surface area contributed by atoms with E-state index >= 15 is 0 Å². The van der Waals surface area contributed by atoms with Gasteiger partial charge in [-0.3, -0.25) is 9.59 Å². The molecule has 138 valence electrons. The summed E-state index contributed by atoms with van der Waals surface area (Å²) < 4.78 is 24.5. The van der Waals surface area contributed by atoms with Crippen molar-refractivity contribution in [2.75, 3.05) is 45.5 Å². The van der Waals surface area contributed by atoms with E-state index in [4.69, 9.17) is 0 Å². The number of unbranched alkanes of at least 4 members (excludes halogenated alkanes) is 1. The Morgan fingerprint density at radius 2 is 1.50 bits per heavy atom. The average molecular weight is 359 g/mol. The van der Waals surface area contributed by atoms with Crippen molar-refractivity contribution in [1.82, 2.24) is 14.1 Å². The van der Waals surface area contributed by atoms with Crippen LogP contribution in [-0.4, -0.2) is 79.9 Å². The number of amides is 2. The van der Waals surface area contributed by atoms with Crippen molar-refractivity contribution in [1.29, 1.82) is 0 Å². The van der Waals surface area contributed by atoms with Crippen LogP contribution < -0.4 is 0 Å². The van der Waals surface area contributed by atoms with E-state index in [1.54, 1.807) is 0 Å². The number of piperazine rings is 1. The standard InChI is InChI=1S/C16H29N3O4S/c1-3-4-5-15(20)17-10-12-18(13-11-17)16(21)14-6-8-19(9-7-14)24(2,22)23/h14H,3-13H2,1-2H3. The quantitative estimate of drug-likeness (QED) is 0.717. The van der Waals surface area contributed by atoms with Crippen molar-refractivity contribution >= 4 is 21.8 Å².